The monoisotopic (exact) mass is 448 g/mol. The molecule has 1 heterocycles. The lowest BCUT2D eigenvalue weighted by atomic mass is 10.2. The number of amides is 1. The summed E-state index contributed by atoms with van der Waals surface area (Å²) in [5.74, 6) is -2.16. The third kappa shape index (κ3) is 5.68. The van der Waals surface area contributed by atoms with Crippen LogP contribution in [0.1, 0.15) is 43.0 Å². The van der Waals surface area contributed by atoms with Crippen molar-refractivity contribution in [1.82, 2.24) is 4.31 Å². The van der Waals surface area contributed by atoms with Gasteiger partial charge in [0.2, 0.25) is 10.0 Å². The number of nitrogens with zero attached hydrogens (tertiary/aromatic N) is 1. The van der Waals surface area contributed by atoms with Gasteiger partial charge in [-0.05, 0) is 50.1 Å². The first-order valence-electron chi connectivity index (χ1n) is 10.2. The predicted molar refractivity (Wildman–Crippen MR) is 114 cm³/mol. The molecular formula is C22H25FN2O5S. The number of hydrogen-bond donors (Lipinski definition) is 1. The Balaban J connectivity index is 1.69. The van der Waals surface area contributed by atoms with Gasteiger partial charge in [0.15, 0.2) is 6.10 Å². The van der Waals surface area contributed by atoms with Crippen LogP contribution >= 0.6 is 0 Å². The largest absolute Gasteiger partial charge is 0.449 e. The summed E-state index contributed by atoms with van der Waals surface area (Å²) < 4.78 is 46.2. The van der Waals surface area contributed by atoms with Crippen molar-refractivity contribution < 1.29 is 27.1 Å². The Bertz CT molecular complexity index is 1050. The summed E-state index contributed by atoms with van der Waals surface area (Å²) in [5.41, 5.74) is -0.0117. The van der Waals surface area contributed by atoms with Crippen molar-refractivity contribution in [3.8, 4) is 0 Å². The zero-order valence-electron chi connectivity index (χ0n) is 17.2. The zero-order valence-corrected chi connectivity index (χ0v) is 18.0. The molecule has 31 heavy (non-hydrogen) atoms. The standard InChI is InChI=1S/C22H25FN2O5S/c1-16(21(26)24-20-12-5-4-11-19(20)23)30-22(27)17-9-8-10-18(15-17)31(28,29)25-13-6-2-3-7-14-25/h4-5,8-12,15-16H,2-3,6-7,13-14H2,1H3,(H,24,26)/t16-/m0/s1. The highest BCUT2D eigenvalue weighted by atomic mass is 32.2. The van der Waals surface area contributed by atoms with Gasteiger partial charge in [-0.25, -0.2) is 17.6 Å². The molecule has 9 heteroatoms. The molecule has 0 radical (unpaired) electrons. The number of carbonyl (C=O) groups excluding carboxylic acids is 2. The first kappa shape index (κ1) is 22.9. The van der Waals surface area contributed by atoms with Gasteiger partial charge in [0, 0.05) is 13.1 Å². The smallest absolute Gasteiger partial charge is 0.338 e. The van der Waals surface area contributed by atoms with Crippen LogP contribution in [0, 0.1) is 5.82 Å². The maximum Gasteiger partial charge on any atom is 0.338 e. The average Bonchev–Trinajstić information content (AvgIpc) is 3.05. The van der Waals surface area contributed by atoms with Gasteiger partial charge in [-0.15, -0.1) is 0 Å². The van der Waals surface area contributed by atoms with Crippen LogP contribution < -0.4 is 5.32 Å². The molecule has 1 aliphatic heterocycles. The molecule has 2 aromatic carbocycles. The van der Waals surface area contributed by atoms with E-state index >= 15 is 0 Å². The van der Waals surface area contributed by atoms with Gasteiger partial charge in [-0.2, -0.15) is 4.31 Å². The quantitative estimate of drug-likeness (QED) is 0.682. The van der Waals surface area contributed by atoms with Crippen molar-refractivity contribution in [1.29, 1.82) is 0 Å². The molecule has 1 atom stereocenters. The van der Waals surface area contributed by atoms with Crippen LogP contribution in [0.4, 0.5) is 10.1 Å². The third-order valence-corrected chi connectivity index (χ3v) is 6.95. The molecular weight excluding hydrogens is 423 g/mol. The van der Waals surface area contributed by atoms with Gasteiger partial charge in [-0.3, -0.25) is 4.79 Å². The summed E-state index contributed by atoms with van der Waals surface area (Å²) in [5, 5.41) is 2.36. The van der Waals surface area contributed by atoms with Gasteiger partial charge in [0.25, 0.3) is 5.91 Å². The molecule has 0 aromatic heterocycles. The third-order valence-electron chi connectivity index (χ3n) is 5.06. The Morgan fingerprint density at radius 3 is 2.39 bits per heavy atom. The van der Waals surface area contributed by atoms with Gasteiger partial charge in [-0.1, -0.05) is 31.0 Å². The molecule has 1 aliphatic rings. The zero-order chi connectivity index (χ0) is 22.4. The van der Waals surface area contributed by atoms with E-state index in [4.69, 9.17) is 4.74 Å². The number of halogens is 1. The van der Waals surface area contributed by atoms with Crippen LogP contribution in [0.15, 0.2) is 53.4 Å². The molecule has 0 saturated carbocycles. The molecule has 0 bridgehead atoms. The molecule has 1 amide bonds. The number of ether oxygens (including phenoxy) is 1. The van der Waals surface area contributed by atoms with Gasteiger partial charge in [0.05, 0.1) is 16.1 Å². The number of carbonyl (C=O) groups is 2. The second kappa shape index (κ2) is 10.0. The number of rotatable bonds is 6. The number of sulfonamides is 1. The maximum absolute atomic E-state index is 13.7. The van der Waals surface area contributed by atoms with Crippen molar-refractivity contribution in [3.63, 3.8) is 0 Å². The maximum atomic E-state index is 13.7. The van der Waals surface area contributed by atoms with E-state index in [0.717, 1.165) is 25.7 Å². The Morgan fingerprint density at radius 1 is 1.03 bits per heavy atom. The second-order valence-electron chi connectivity index (χ2n) is 7.36. The predicted octanol–water partition coefficient (Wildman–Crippen LogP) is 3.57. The van der Waals surface area contributed by atoms with Crippen molar-refractivity contribution in [2.75, 3.05) is 18.4 Å². The number of para-hydroxylation sites is 1. The normalized spacial score (nSPS) is 16.2. The highest BCUT2D eigenvalue weighted by molar-refractivity contribution is 7.89. The average molecular weight is 449 g/mol. The molecule has 166 valence electrons. The summed E-state index contributed by atoms with van der Waals surface area (Å²) >= 11 is 0. The molecule has 0 unspecified atom stereocenters. The Morgan fingerprint density at radius 2 is 1.71 bits per heavy atom. The number of hydrogen-bond acceptors (Lipinski definition) is 5. The first-order chi connectivity index (χ1) is 14.8. The summed E-state index contributed by atoms with van der Waals surface area (Å²) in [7, 11) is -3.73. The summed E-state index contributed by atoms with van der Waals surface area (Å²) in [6.45, 7) is 2.25. The van der Waals surface area contributed by atoms with Crippen molar-refractivity contribution in [2.45, 2.75) is 43.6 Å². The minimum absolute atomic E-state index is 0.00677. The van der Waals surface area contributed by atoms with Crippen LogP contribution in [0.25, 0.3) is 0 Å². The van der Waals surface area contributed by atoms with E-state index in [1.165, 1.54) is 53.7 Å². The second-order valence-corrected chi connectivity index (χ2v) is 9.30. The minimum atomic E-state index is -3.73. The fourth-order valence-electron chi connectivity index (χ4n) is 3.29. The summed E-state index contributed by atoms with van der Waals surface area (Å²) in [6, 6.07) is 11.2. The number of esters is 1. The lowest BCUT2D eigenvalue weighted by molar-refractivity contribution is -0.123. The van der Waals surface area contributed by atoms with E-state index in [2.05, 4.69) is 5.32 Å². The van der Waals surface area contributed by atoms with Gasteiger partial charge < -0.3 is 10.1 Å². The van der Waals surface area contributed by atoms with E-state index in [0.29, 0.717) is 13.1 Å². The minimum Gasteiger partial charge on any atom is -0.449 e. The highest BCUT2D eigenvalue weighted by Crippen LogP contribution is 2.22. The Kier molecular flexibility index (Phi) is 7.40. The number of benzene rings is 2. The molecule has 1 fully saturated rings. The fourth-order valence-corrected chi connectivity index (χ4v) is 4.86. The molecule has 7 nitrogen and oxygen atoms in total. The SMILES string of the molecule is C[C@H](OC(=O)c1cccc(S(=O)(=O)N2CCCCCC2)c1)C(=O)Nc1ccccc1F. The highest BCUT2D eigenvalue weighted by Gasteiger charge is 2.27. The molecule has 3 rings (SSSR count). The van der Waals surface area contributed by atoms with Crippen LogP contribution in [0.5, 0.6) is 0 Å². The van der Waals surface area contributed by atoms with E-state index in [1.54, 1.807) is 6.07 Å². The van der Waals surface area contributed by atoms with Crippen LogP contribution in [0.3, 0.4) is 0 Å². The summed E-state index contributed by atoms with van der Waals surface area (Å²) in [4.78, 5) is 24.8. The number of anilines is 1. The lowest BCUT2D eigenvalue weighted by Crippen LogP contribution is -2.32. The van der Waals surface area contributed by atoms with Crippen molar-refractivity contribution in [3.05, 3.63) is 59.9 Å². The van der Waals surface area contributed by atoms with E-state index in [9.17, 15) is 22.4 Å². The molecule has 1 saturated heterocycles. The van der Waals surface area contributed by atoms with Crippen LogP contribution in [-0.2, 0) is 19.6 Å². The van der Waals surface area contributed by atoms with Crippen molar-refractivity contribution >= 4 is 27.6 Å². The van der Waals surface area contributed by atoms with Gasteiger partial charge in [0.1, 0.15) is 5.82 Å². The van der Waals surface area contributed by atoms with Crippen LogP contribution in [0.2, 0.25) is 0 Å². The number of nitrogens with one attached hydrogen (secondary N) is 1. The fraction of sp³-hybridized carbons (Fsp3) is 0.364. The van der Waals surface area contributed by atoms with E-state index in [1.807, 2.05) is 0 Å². The molecule has 2 aromatic rings. The first-order valence-corrected chi connectivity index (χ1v) is 11.6. The topological polar surface area (TPSA) is 92.8 Å². The van der Waals surface area contributed by atoms with Gasteiger partial charge >= 0.3 is 5.97 Å². The Hall–Kier alpha value is -2.78. The van der Waals surface area contributed by atoms with E-state index < -0.39 is 33.8 Å². The molecule has 0 aliphatic carbocycles. The molecule has 1 N–H and O–H groups in total. The van der Waals surface area contributed by atoms with E-state index in [-0.39, 0.29) is 16.1 Å². The van der Waals surface area contributed by atoms with Crippen molar-refractivity contribution in [2.24, 2.45) is 0 Å². The summed E-state index contributed by atoms with van der Waals surface area (Å²) in [6.07, 6.45) is 2.37. The molecule has 0 spiro atoms. The lowest BCUT2D eigenvalue weighted by Gasteiger charge is -2.20. The van der Waals surface area contributed by atoms with Crippen LogP contribution in [-0.4, -0.2) is 43.8 Å². The Labute approximate surface area is 181 Å².